The van der Waals surface area contributed by atoms with Crippen molar-refractivity contribution in [2.24, 2.45) is 0 Å². The van der Waals surface area contributed by atoms with Gasteiger partial charge in [0.25, 0.3) is 5.91 Å². The molecule has 2 rings (SSSR count). The Morgan fingerprint density at radius 3 is 2.50 bits per heavy atom. The predicted octanol–water partition coefficient (Wildman–Crippen LogP) is 2.97. The number of benzene rings is 2. The highest BCUT2D eigenvalue weighted by molar-refractivity contribution is 9.10. The first-order chi connectivity index (χ1) is 11.6. The van der Waals surface area contributed by atoms with Gasteiger partial charge in [0, 0.05) is 11.0 Å². The zero-order valence-electron chi connectivity index (χ0n) is 13.3. The van der Waals surface area contributed by atoms with Crippen LogP contribution in [-0.4, -0.2) is 32.1 Å². The Balaban J connectivity index is 1.73. The van der Waals surface area contributed by atoms with Crippen LogP contribution in [0.1, 0.15) is 15.9 Å². The smallest absolute Gasteiger partial charge is 0.338 e. The molecule has 0 bridgehead atoms. The number of carbonyl (C=O) groups is 2. The molecule has 0 aliphatic heterocycles. The maximum atomic E-state index is 11.8. The minimum Gasteiger partial charge on any atom is -0.496 e. The number of ether oxygens (including phenoxy) is 2. The average molecular weight is 392 g/mol. The number of rotatable bonds is 7. The molecule has 0 radical (unpaired) electrons. The minimum atomic E-state index is -0.526. The largest absolute Gasteiger partial charge is 0.496 e. The van der Waals surface area contributed by atoms with E-state index < -0.39 is 5.97 Å². The number of halogens is 1. The zero-order chi connectivity index (χ0) is 17.4. The van der Waals surface area contributed by atoms with Gasteiger partial charge in [0.2, 0.25) is 0 Å². The van der Waals surface area contributed by atoms with E-state index in [-0.39, 0.29) is 12.5 Å². The van der Waals surface area contributed by atoms with Crippen LogP contribution in [-0.2, 0) is 16.0 Å². The van der Waals surface area contributed by atoms with Gasteiger partial charge in [-0.1, -0.05) is 34.1 Å². The van der Waals surface area contributed by atoms with E-state index in [1.807, 2.05) is 24.3 Å². The Labute approximate surface area is 149 Å². The minimum absolute atomic E-state index is 0.305. The summed E-state index contributed by atoms with van der Waals surface area (Å²) in [5.74, 6) is -0.0776. The van der Waals surface area contributed by atoms with Crippen LogP contribution < -0.4 is 10.1 Å². The van der Waals surface area contributed by atoms with Crippen LogP contribution in [0, 0.1) is 0 Å². The molecule has 0 aromatic heterocycles. The fraction of sp³-hybridized carbons (Fsp3) is 0.222. The third kappa shape index (κ3) is 5.38. The zero-order valence-corrected chi connectivity index (χ0v) is 14.8. The lowest BCUT2D eigenvalue weighted by Gasteiger charge is -2.09. The predicted molar refractivity (Wildman–Crippen MR) is 94.1 cm³/mol. The lowest BCUT2D eigenvalue weighted by atomic mass is 10.1. The van der Waals surface area contributed by atoms with E-state index in [1.165, 1.54) is 0 Å². The summed E-state index contributed by atoms with van der Waals surface area (Å²) in [6.45, 7) is 0.135. The molecule has 0 spiro atoms. The molecule has 1 amide bonds. The van der Waals surface area contributed by atoms with Crippen molar-refractivity contribution >= 4 is 27.8 Å². The lowest BCUT2D eigenvalue weighted by Crippen LogP contribution is -2.30. The number of amides is 1. The summed E-state index contributed by atoms with van der Waals surface area (Å²) in [6, 6.07) is 14.4. The molecule has 0 aliphatic carbocycles. The molecule has 0 aliphatic rings. The summed E-state index contributed by atoms with van der Waals surface area (Å²) in [6.07, 6.45) is 0.635. The molecule has 0 heterocycles. The van der Waals surface area contributed by atoms with Gasteiger partial charge in [-0.3, -0.25) is 4.79 Å². The second-order valence-electron chi connectivity index (χ2n) is 4.99. The summed E-state index contributed by atoms with van der Waals surface area (Å²) in [5, 5.41) is 2.72. The fourth-order valence-corrected chi connectivity index (χ4v) is 2.36. The summed E-state index contributed by atoms with van der Waals surface area (Å²) < 4.78 is 11.1. The molecule has 0 fully saturated rings. The highest BCUT2D eigenvalue weighted by Crippen LogP contribution is 2.17. The van der Waals surface area contributed by atoms with E-state index in [1.54, 1.807) is 31.4 Å². The van der Waals surface area contributed by atoms with Crippen molar-refractivity contribution in [2.45, 2.75) is 6.42 Å². The first-order valence-corrected chi connectivity index (χ1v) is 8.20. The van der Waals surface area contributed by atoms with Gasteiger partial charge in [-0.25, -0.2) is 4.79 Å². The molecule has 5 nitrogen and oxygen atoms in total. The Bertz CT molecular complexity index is 700. The Morgan fingerprint density at radius 1 is 1.08 bits per heavy atom. The van der Waals surface area contributed by atoms with E-state index in [2.05, 4.69) is 21.2 Å². The SMILES string of the molecule is COc1ccccc1CCNC(=O)COC(=O)c1ccc(Br)cc1. The van der Waals surface area contributed by atoms with Crippen LogP contribution in [0.2, 0.25) is 0 Å². The average Bonchev–Trinajstić information content (AvgIpc) is 2.60. The summed E-state index contributed by atoms with van der Waals surface area (Å²) in [4.78, 5) is 23.6. The van der Waals surface area contributed by atoms with Gasteiger partial charge < -0.3 is 14.8 Å². The van der Waals surface area contributed by atoms with Crippen LogP contribution in [0.25, 0.3) is 0 Å². The van der Waals surface area contributed by atoms with E-state index in [4.69, 9.17) is 9.47 Å². The number of methoxy groups -OCH3 is 1. The normalized spacial score (nSPS) is 10.1. The first kappa shape index (κ1) is 18.0. The Kier molecular flexibility index (Phi) is 6.81. The molecule has 126 valence electrons. The van der Waals surface area contributed by atoms with Gasteiger partial charge in [-0.05, 0) is 42.3 Å². The van der Waals surface area contributed by atoms with Gasteiger partial charge in [-0.2, -0.15) is 0 Å². The van der Waals surface area contributed by atoms with E-state index in [9.17, 15) is 9.59 Å². The van der Waals surface area contributed by atoms with Crippen molar-refractivity contribution in [3.63, 3.8) is 0 Å². The van der Waals surface area contributed by atoms with Gasteiger partial charge in [0.1, 0.15) is 5.75 Å². The van der Waals surface area contributed by atoms with Gasteiger partial charge in [-0.15, -0.1) is 0 Å². The lowest BCUT2D eigenvalue weighted by molar-refractivity contribution is -0.124. The Morgan fingerprint density at radius 2 is 1.79 bits per heavy atom. The maximum absolute atomic E-state index is 11.8. The topological polar surface area (TPSA) is 64.6 Å². The molecule has 24 heavy (non-hydrogen) atoms. The van der Waals surface area contributed by atoms with Crippen LogP contribution in [0.3, 0.4) is 0 Å². The molecule has 0 atom stereocenters. The van der Waals surface area contributed by atoms with Crippen molar-refractivity contribution in [1.82, 2.24) is 5.32 Å². The Hall–Kier alpha value is -2.34. The van der Waals surface area contributed by atoms with E-state index in [0.29, 0.717) is 18.5 Å². The van der Waals surface area contributed by atoms with Crippen molar-refractivity contribution in [3.05, 3.63) is 64.1 Å². The van der Waals surface area contributed by atoms with Crippen LogP contribution in [0.5, 0.6) is 5.75 Å². The fourth-order valence-electron chi connectivity index (χ4n) is 2.10. The molecular weight excluding hydrogens is 374 g/mol. The molecule has 0 saturated heterocycles. The van der Waals surface area contributed by atoms with Crippen LogP contribution >= 0.6 is 15.9 Å². The summed E-state index contributed by atoms with van der Waals surface area (Å²) >= 11 is 3.29. The summed E-state index contributed by atoms with van der Waals surface area (Å²) in [7, 11) is 1.61. The van der Waals surface area contributed by atoms with E-state index in [0.717, 1.165) is 15.8 Å². The molecule has 2 aromatic rings. The van der Waals surface area contributed by atoms with Gasteiger partial charge >= 0.3 is 5.97 Å². The number of para-hydroxylation sites is 1. The molecule has 0 unspecified atom stereocenters. The molecule has 1 N–H and O–H groups in total. The van der Waals surface area contributed by atoms with Crippen LogP contribution in [0.15, 0.2) is 53.0 Å². The monoisotopic (exact) mass is 391 g/mol. The van der Waals surface area contributed by atoms with E-state index >= 15 is 0 Å². The third-order valence-corrected chi connectivity index (χ3v) is 3.85. The van der Waals surface area contributed by atoms with Crippen LogP contribution in [0.4, 0.5) is 0 Å². The third-order valence-electron chi connectivity index (χ3n) is 3.32. The number of carbonyl (C=O) groups excluding carboxylic acids is 2. The molecular formula is C18H18BrNO4. The van der Waals surface area contributed by atoms with Crippen molar-refractivity contribution in [3.8, 4) is 5.75 Å². The van der Waals surface area contributed by atoms with Crippen molar-refractivity contribution in [2.75, 3.05) is 20.3 Å². The number of hydrogen-bond acceptors (Lipinski definition) is 4. The van der Waals surface area contributed by atoms with Gasteiger partial charge in [0.05, 0.1) is 12.7 Å². The molecule has 2 aromatic carbocycles. The standard InChI is InChI=1S/C18H18BrNO4/c1-23-16-5-3-2-4-13(16)10-11-20-17(21)12-24-18(22)14-6-8-15(19)9-7-14/h2-9H,10-12H2,1H3,(H,20,21). The van der Waals surface area contributed by atoms with Gasteiger partial charge in [0.15, 0.2) is 6.61 Å². The second kappa shape index (κ2) is 9.08. The molecule has 0 saturated carbocycles. The number of nitrogens with one attached hydrogen (secondary N) is 1. The molecule has 6 heteroatoms. The number of hydrogen-bond donors (Lipinski definition) is 1. The summed E-state index contributed by atoms with van der Waals surface area (Å²) in [5.41, 5.74) is 1.41. The maximum Gasteiger partial charge on any atom is 0.338 e. The van der Waals surface area contributed by atoms with Crippen molar-refractivity contribution < 1.29 is 19.1 Å². The quantitative estimate of drug-likeness (QED) is 0.736. The second-order valence-corrected chi connectivity index (χ2v) is 5.91. The first-order valence-electron chi connectivity index (χ1n) is 7.41. The highest BCUT2D eigenvalue weighted by atomic mass is 79.9. The highest BCUT2D eigenvalue weighted by Gasteiger charge is 2.10. The number of esters is 1. The van der Waals surface area contributed by atoms with Crippen molar-refractivity contribution in [1.29, 1.82) is 0 Å².